The zero-order valence-electron chi connectivity index (χ0n) is 10.4. The standard InChI is InChI=1S/C15H14N4/c16-14(12-7-8-17-18-10-12)9-13-6-5-11-3-1-2-4-15(11)19-13/h1-8,10,14H,9,16H2. The van der Waals surface area contributed by atoms with E-state index in [-0.39, 0.29) is 6.04 Å². The van der Waals surface area contributed by atoms with Crippen LogP contribution in [0.2, 0.25) is 0 Å². The average molecular weight is 250 g/mol. The number of para-hydroxylation sites is 1. The van der Waals surface area contributed by atoms with Crippen LogP contribution in [0.15, 0.2) is 54.9 Å². The van der Waals surface area contributed by atoms with E-state index in [9.17, 15) is 0 Å². The van der Waals surface area contributed by atoms with Gasteiger partial charge in [0, 0.05) is 29.7 Å². The van der Waals surface area contributed by atoms with E-state index >= 15 is 0 Å². The Bertz CT molecular complexity index is 682. The van der Waals surface area contributed by atoms with E-state index in [1.165, 1.54) is 0 Å². The molecule has 2 aromatic heterocycles. The molecule has 0 amide bonds. The molecular formula is C15H14N4. The summed E-state index contributed by atoms with van der Waals surface area (Å²) in [6, 6.07) is 14.0. The fraction of sp³-hybridized carbons (Fsp3) is 0.133. The molecule has 0 aliphatic heterocycles. The number of benzene rings is 1. The van der Waals surface area contributed by atoms with E-state index in [1.54, 1.807) is 12.4 Å². The molecule has 0 aliphatic rings. The molecule has 0 fully saturated rings. The lowest BCUT2D eigenvalue weighted by Crippen LogP contribution is -2.14. The second-order valence-corrected chi connectivity index (χ2v) is 4.48. The summed E-state index contributed by atoms with van der Waals surface area (Å²) in [4.78, 5) is 4.62. The molecule has 0 spiro atoms. The number of hydrogen-bond acceptors (Lipinski definition) is 4. The summed E-state index contributed by atoms with van der Waals surface area (Å²) in [5.41, 5.74) is 9.13. The number of fused-ring (bicyclic) bond motifs is 1. The van der Waals surface area contributed by atoms with E-state index in [0.29, 0.717) is 6.42 Å². The fourth-order valence-corrected chi connectivity index (χ4v) is 2.09. The third-order valence-corrected chi connectivity index (χ3v) is 3.12. The van der Waals surface area contributed by atoms with Crippen molar-refractivity contribution in [2.24, 2.45) is 5.73 Å². The summed E-state index contributed by atoms with van der Waals surface area (Å²) < 4.78 is 0. The minimum Gasteiger partial charge on any atom is -0.324 e. The van der Waals surface area contributed by atoms with Crippen molar-refractivity contribution in [1.29, 1.82) is 0 Å². The van der Waals surface area contributed by atoms with Crippen LogP contribution in [0.1, 0.15) is 17.3 Å². The van der Waals surface area contributed by atoms with Crippen LogP contribution in [0, 0.1) is 0 Å². The molecule has 0 aliphatic carbocycles. The van der Waals surface area contributed by atoms with Crippen LogP contribution in [0.4, 0.5) is 0 Å². The number of aromatic nitrogens is 3. The van der Waals surface area contributed by atoms with Gasteiger partial charge in [-0.15, -0.1) is 0 Å². The molecule has 1 atom stereocenters. The molecule has 3 rings (SSSR count). The van der Waals surface area contributed by atoms with Crippen molar-refractivity contribution in [3.05, 3.63) is 66.1 Å². The molecule has 4 nitrogen and oxygen atoms in total. The van der Waals surface area contributed by atoms with Gasteiger partial charge in [0.2, 0.25) is 0 Å². The first-order valence-corrected chi connectivity index (χ1v) is 6.20. The molecule has 4 heteroatoms. The van der Waals surface area contributed by atoms with Crippen molar-refractivity contribution in [3.63, 3.8) is 0 Å². The zero-order chi connectivity index (χ0) is 13.1. The minimum absolute atomic E-state index is 0.107. The predicted octanol–water partition coefficient (Wildman–Crippen LogP) is 2.27. The first kappa shape index (κ1) is 11.7. The number of nitrogens with zero attached hydrogens (tertiary/aromatic N) is 3. The lowest BCUT2D eigenvalue weighted by atomic mass is 10.0. The van der Waals surface area contributed by atoms with Gasteiger partial charge in [0.1, 0.15) is 0 Å². The van der Waals surface area contributed by atoms with Crippen LogP contribution < -0.4 is 5.73 Å². The lowest BCUT2D eigenvalue weighted by molar-refractivity contribution is 0.701. The highest BCUT2D eigenvalue weighted by atomic mass is 15.1. The average Bonchev–Trinajstić information content (AvgIpc) is 2.48. The molecule has 1 aromatic carbocycles. The second kappa shape index (κ2) is 5.12. The molecule has 0 bridgehead atoms. The highest BCUT2D eigenvalue weighted by molar-refractivity contribution is 5.78. The maximum atomic E-state index is 6.16. The van der Waals surface area contributed by atoms with Crippen LogP contribution in [0.5, 0.6) is 0 Å². The largest absolute Gasteiger partial charge is 0.324 e. The molecule has 2 heterocycles. The molecular weight excluding hydrogens is 236 g/mol. The lowest BCUT2D eigenvalue weighted by Gasteiger charge is -2.11. The van der Waals surface area contributed by atoms with Crippen molar-refractivity contribution < 1.29 is 0 Å². The minimum atomic E-state index is -0.107. The Morgan fingerprint density at radius 2 is 1.89 bits per heavy atom. The van der Waals surface area contributed by atoms with Gasteiger partial charge >= 0.3 is 0 Å². The van der Waals surface area contributed by atoms with Gasteiger partial charge in [-0.1, -0.05) is 24.3 Å². The van der Waals surface area contributed by atoms with Crippen LogP contribution in [0.25, 0.3) is 10.9 Å². The Hall–Kier alpha value is -2.33. The summed E-state index contributed by atoms with van der Waals surface area (Å²) in [5.74, 6) is 0. The predicted molar refractivity (Wildman–Crippen MR) is 74.4 cm³/mol. The van der Waals surface area contributed by atoms with Gasteiger partial charge in [-0.2, -0.15) is 10.2 Å². The Labute approximate surface area is 111 Å². The Morgan fingerprint density at radius 3 is 2.74 bits per heavy atom. The highest BCUT2D eigenvalue weighted by Gasteiger charge is 2.08. The fourth-order valence-electron chi connectivity index (χ4n) is 2.09. The third kappa shape index (κ3) is 2.58. The normalized spacial score (nSPS) is 12.5. The second-order valence-electron chi connectivity index (χ2n) is 4.48. The first-order chi connectivity index (χ1) is 9.33. The van der Waals surface area contributed by atoms with Crippen LogP contribution in [0.3, 0.4) is 0 Å². The van der Waals surface area contributed by atoms with Gasteiger partial charge in [0.05, 0.1) is 11.7 Å². The molecule has 3 aromatic rings. The topological polar surface area (TPSA) is 64.7 Å². The van der Waals surface area contributed by atoms with Gasteiger partial charge in [-0.25, -0.2) is 0 Å². The molecule has 0 saturated heterocycles. The Morgan fingerprint density at radius 1 is 1.00 bits per heavy atom. The van der Waals surface area contributed by atoms with E-state index in [4.69, 9.17) is 5.73 Å². The number of pyridine rings is 1. The van der Waals surface area contributed by atoms with Crippen molar-refractivity contribution in [2.45, 2.75) is 12.5 Å². The molecule has 2 N–H and O–H groups in total. The zero-order valence-corrected chi connectivity index (χ0v) is 10.4. The molecule has 0 saturated carbocycles. The monoisotopic (exact) mass is 250 g/mol. The first-order valence-electron chi connectivity index (χ1n) is 6.20. The Kier molecular flexibility index (Phi) is 3.16. The SMILES string of the molecule is NC(Cc1ccc2ccccc2n1)c1ccnnc1. The van der Waals surface area contributed by atoms with Gasteiger partial charge in [0.15, 0.2) is 0 Å². The molecule has 1 unspecified atom stereocenters. The smallest absolute Gasteiger partial charge is 0.0705 e. The highest BCUT2D eigenvalue weighted by Crippen LogP contribution is 2.16. The van der Waals surface area contributed by atoms with Crippen molar-refractivity contribution in [3.8, 4) is 0 Å². The summed E-state index contributed by atoms with van der Waals surface area (Å²) in [7, 11) is 0. The van der Waals surface area contributed by atoms with E-state index in [2.05, 4.69) is 27.3 Å². The van der Waals surface area contributed by atoms with Gasteiger partial charge in [0.25, 0.3) is 0 Å². The molecule has 0 radical (unpaired) electrons. The van der Waals surface area contributed by atoms with Gasteiger partial charge in [-0.05, 0) is 23.8 Å². The van der Waals surface area contributed by atoms with Crippen LogP contribution in [-0.2, 0) is 6.42 Å². The molecule has 94 valence electrons. The van der Waals surface area contributed by atoms with Crippen molar-refractivity contribution in [1.82, 2.24) is 15.2 Å². The summed E-state index contributed by atoms with van der Waals surface area (Å²) in [5, 5.41) is 8.75. The van der Waals surface area contributed by atoms with Crippen molar-refractivity contribution in [2.75, 3.05) is 0 Å². The maximum absolute atomic E-state index is 6.16. The molecule has 19 heavy (non-hydrogen) atoms. The number of hydrogen-bond donors (Lipinski definition) is 1. The van der Waals surface area contributed by atoms with Crippen molar-refractivity contribution >= 4 is 10.9 Å². The van der Waals surface area contributed by atoms with Crippen LogP contribution >= 0.6 is 0 Å². The summed E-state index contributed by atoms with van der Waals surface area (Å²) in [6.45, 7) is 0. The van der Waals surface area contributed by atoms with Gasteiger partial charge in [-0.3, -0.25) is 4.98 Å². The number of nitrogens with two attached hydrogens (primary N) is 1. The Balaban J connectivity index is 1.85. The third-order valence-electron chi connectivity index (χ3n) is 3.12. The maximum Gasteiger partial charge on any atom is 0.0705 e. The number of rotatable bonds is 3. The van der Waals surface area contributed by atoms with E-state index in [0.717, 1.165) is 22.2 Å². The summed E-state index contributed by atoms with van der Waals surface area (Å²) in [6.07, 6.45) is 4.05. The van der Waals surface area contributed by atoms with E-state index < -0.39 is 0 Å². The quantitative estimate of drug-likeness (QED) is 0.774. The van der Waals surface area contributed by atoms with E-state index in [1.807, 2.05) is 30.3 Å². The summed E-state index contributed by atoms with van der Waals surface area (Å²) >= 11 is 0. The van der Waals surface area contributed by atoms with Crippen LogP contribution in [-0.4, -0.2) is 15.2 Å². The van der Waals surface area contributed by atoms with Gasteiger partial charge < -0.3 is 5.73 Å².